The topological polar surface area (TPSA) is 80.0 Å². The summed E-state index contributed by atoms with van der Waals surface area (Å²) in [6.07, 6.45) is 3.58. The number of aromatic nitrogens is 2. The predicted octanol–water partition coefficient (Wildman–Crippen LogP) is 3.35. The fraction of sp³-hybridized carbons (Fsp3) is 0.211. The molecular weight excluding hydrogens is 316 g/mol. The first kappa shape index (κ1) is 16.7. The van der Waals surface area contributed by atoms with E-state index >= 15 is 0 Å². The number of urea groups is 1. The Kier molecular flexibility index (Phi) is 5.09. The van der Waals surface area contributed by atoms with Gasteiger partial charge in [-0.3, -0.25) is 4.98 Å². The van der Waals surface area contributed by atoms with Crippen molar-refractivity contribution in [3.63, 3.8) is 0 Å². The van der Waals surface area contributed by atoms with Gasteiger partial charge in [-0.1, -0.05) is 30.3 Å². The molecule has 0 spiro atoms. The number of oxazole rings is 1. The minimum atomic E-state index is -0.259. The number of benzene rings is 1. The third kappa shape index (κ3) is 4.44. The van der Waals surface area contributed by atoms with Crippen molar-refractivity contribution in [2.75, 3.05) is 0 Å². The van der Waals surface area contributed by atoms with Crippen LogP contribution in [0.15, 0.2) is 53.2 Å². The van der Waals surface area contributed by atoms with Crippen LogP contribution >= 0.6 is 0 Å². The molecule has 0 saturated carbocycles. The number of pyridine rings is 1. The molecule has 0 saturated heterocycles. The molecule has 0 radical (unpaired) electrons. The zero-order valence-electron chi connectivity index (χ0n) is 14.2. The van der Waals surface area contributed by atoms with E-state index in [0.29, 0.717) is 12.4 Å². The maximum Gasteiger partial charge on any atom is 0.315 e. The van der Waals surface area contributed by atoms with Gasteiger partial charge in [0, 0.05) is 18.9 Å². The fourth-order valence-corrected chi connectivity index (χ4v) is 2.36. The van der Waals surface area contributed by atoms with Crippen molar-refractivity contribution in [2.45, 2.75) is 26.9 Å². The minimum Gasteiger partial charge on any atom is -0.444 e. The fourth-order valence-electron chi connectivity index (χ4n) is 2.36. The van der Waals surface area contributed by atoms with Crippen LogP contribution in [0.2, 0.25) is 0 Å². The second-order valence-electron chi connectivity index (χ2n) is 5.72. The maximum absolute atomic E-state index is 11.9. The number of hydrogen-bond donors (Lipinski definition) is 2. The molecule has 2 aromatic heterocycles. The van der Waals surface area contributed by atoms with Crippen molar-refractivity contribution in [1.29, 1.82) is 0 Å². The molecule has 0 aliphatic carbocycles. The van der Waals surface area contributed by atoms with Gasteiger partial charge in [-0.25, -0.2) is 9.78 Å². The molecule has 2 heterocycles. The lowest BCUT2D eigenvalue weighted by molar-refractivity contribution is 0.239. The van der Waals surface area contributed by atoms with Gasteiger partial charge in [-0.2, -0.15) is 0 Å². The van der Waals surface area contributed by atoms with E-state index in [4.69, 9.17) is 4.42 Å². The zero-order chi connectivity index (χ0) is 17.6. The standard InChI is InChI=1S/C19H20N4O2/c1-13-14(2)25-18(23-13)12-22-19(24)21-10-15-5-7-16(8-6-15)17-4-3-9-20-11-17/h3-9,11H,10,12H2,1-2H3,(H2,21,22,24). The summed E-state index contributed by atoms with van der Waals surface area (Å²) in [7, 11) is 0. The number of hydrogen-bond acceptors (Lipinski definition) is 4. The molecule has 0 aliphatic rings. The van der Waals surface area contributed by atoms with Gasteiger partial charge in [0.15, 0.2) is 0 Å². The molecule has 6 nitrogen and oxygen atoms in total. The largest absolute Gasteiger partial charge is 0.444 e. The van der Waals surface area contributed by atoms with Crippen LogP contribution in [0.25, 0.3) is 11.1 Å². The van der Waals surface area contributed by atoms with E-state index in [0.717, 1.165) is 28.1 Å². The summed E-state index contributed by atoms with van der Waals surface area (Å²) < 4.78 is 5.42. The summed E-state index contributed by atoms with van der Waals surface area (Å²) in [5.74, 6) is 1.27. The molecule has 0 aliphatic heterocycles. The lowest BCUT2D eigenvalue weighted by Crippen LogP contribution is -2.34. The van der Waals surface area contributed by atoms with Crippen LogP contribution in [0, 0.1) is 13.8 Å². The molecule has 2 amide bonds. The highest BCUT2D eigenvalue weighted by Crippen LogP contribution is 2.18. The Morgan fingerprint density at radius 2 is 1.80 bits per heavy atom. The molecule has 1 aromatic carbocycles. The van der Waals surface area contributed by atoms with Crippen LogP contribution in [-0.2, 0) is 13.1 Å². The third-order valence-corrected chi connectivity index (χ3v) is 3.87. The number of carbonyl (C=O) groups excluding carboxylic acids is 1. The number of carbonyl (C=O) groups is 1. The van der Waals surface area contributed by atoms with Crippen molar-refractivity contribution in [2.24, 2.45) is 0 Å². The first-order valence-corrected chi connectivity index (χ1v) is 8.06. The van der Waals surface area contributed by atoms with Crippen molar-refractivity contribution < 1.29 is 9.21 Å². The lowest BCUT2D eigenvalue weighted by Gasteiger charge is -2.07. The van der Waals surface area contributed by atoms with Gasteiger partial charge >= 0.3 is 6.03 Å². The summed E-state index contributed by atoms with van der Waals surface area (Å²) in [6.45, 7) is 4.43. The second kappa shape index (κ2) is 7.61. The van der Waals surface area contributed by atoms with E-state index in [1.165, 1.54) is 0 Å². The van der Waals surface area contributed by atoms with Gasteiger partial charge in [-0.15, -0.1) is 0 Å². The summed E-state index contributed by atoms with van der Waals surface area (Å²) in [5, 5.41) is 5.55. The average molecular weight is 336 g/mol. The van der Waals surface area contributed by atoms with E-state index < -0.39 is 0 Å². The molecule has 25 heavy (non-hydrogen) atoms. The van der Waals surface area contributed by atoms with Crippen LogP contribution < -0.4 is 10.6 Å². The highest BCUT2D eigenvalue weighted by atomic mass is 16.4. The number of amides is 2. The van der Waals surface area contributed by atoms with Gasteiger partial charge in [0.05, 0.1) is 12.2 Å². The molecule has 6 heteroatoms. The SMILES string of the molecule is Cc1nc(CNC(=O)NCc2ccc(-c3cccnc3)cc2)oc1C. The predicted molar refractivity (Wildman–Crippen MR) is 94.7 cm³/mol. The molecule has 0 unspecified atom stereocenters. The van der Waals surface area contributed by atoms with Crippen LogP contribution in [-0.4, -0.2) is 16.0 Å². The van der Waals surface area contributed by atoms with E-state index in [1.807, 2.05) is 56.4 Å². The maximum atomic E-state index is 11.9. The normalized spacial score (nSPS) is 10.5. The summed E-state index contributed by atoms with van der Waals surface area (Å²) >= 11 is 0. The van der Waals surface area contributed by atoms with E-state index in [1.54, 1.807) is 6.20 Å². The number of nitrogens with one attached hydrogen (secondary N) is 2. The van der Waals surface area contributed by atoms with Crippen LogP contribution in [0.3, 0.4) is 0 Å². The van der Waals surface area contributed by atoms with Gasteiger partial charge in [0.2, 0.25) is 5.89 Å². The van der Waals surface area contributed by atoms with Gasteiger partial charge in [-0.05, 0) is 36.6 Å². The highest BCUT2D eigenvalue weighted by Gasteiger charge is 2.07. The van der Waals surface area contributed by atoms with Gasteiger partial charge in [0.1, 0.15) is 5.76 Å². The third-order valence-electron chi connectivity index (χ3n) is 3.87. The van der Waals surface area contributed by atoms with Crippen molar-refractivity contribution in [1.82, 2.24) is 20.6 Å². The first-order chi connectivity index (χ1) is 12.1. The van der Waals surface area contributed by atoms with Crippen LogP contribution in [0.1, 0.15) is 22.9 Å². The van der Waals surface area contributed by atoms with Gasteiger partial charge < -0.3 is 15.1 Å². The van der Waals surface area contributed by atoms with E-state index in [-0.39, 0.29) is 12.6 Å². The average Bonchev–Trinajstić information content (AvgIpc) is 2.97. The van der Waals surface area contributed by atoms with E-state index in [9.17, 15) is 4.79 Å². The number of nitrogens with zero attached hydrogens (tertiary/aromatic N) is 2. The smallest absolute Gasteiger partial charge is 0.315 e. The highest BCUT2D eigenvalue weighted by molar-refractivity contribution is 5.73. The second-order valence-corrected chi connectivity index (χ2v) is 5.72. The molecule has 2 N–H and O–H groups in total. The van der Waals surface area contributed by atoms with Crippen LogP contribution in [0.4, 0.5) is 4.79 Å². The Balaban J connectivity index is 1.48. The number of rotatable bonds is 5. The quantitative estimate of drug-likeness (QED) is 0.749. The Morgan fingerprint density at radius 1 is 1.04 bits per heavy atom. The summed E-state index contributed by atoms with van der Waals surface area (Å²) in [5.41, 5.74) is 4.02. The lowest BCUT2D eigenvalue weighted by atomic mass is 10.1. The minimum absolute atomic E-state index is 0.259. The van der Waals surface area contributed by atoms with E-state index in [2.05, 4.69) is 20.6 Å². The molecular formula is C19H20N4O2. The van der Waals surface area contributed by atoms with Crippen molar-refractivity contribution in [3.8, 4) is 11.1 Å². The Bertz CT molecular complexity index is 822. The molecule has 0 atom stereocenters. The van der Waals surface area contributed by atoms with Crippen molar-refractivity contribution in [3.05, 3.63) is 71.7 Å². The first-order valence-electron chi connectivity index (χ1n) is 8.06. The zero-order valence-corrected chi connectivity index (χ0v) is 14.2. The number of aryl methyl sites for hydroxylation is 2. The molecule has 3 rings (SSSR count). The molecule has 0 fully saturated rings. The molecule has 0 bridgehead atoms. The van der Waals surface area contributed by atoms with Gasteiger partial charge in [0.25, 0.3) is 0 Å². The van der Waals surface area contributed by atoms with Crippen LogP contribution in [0.5, 0.6) is 0 Å². The van der Waals surface area contributed by atoms with Crippen molar-refractivity contribution >= 4 is 6.03 Å². The Hall–Kier alpha value is -3.15. The molecule has 3 aromatic rings. The monoisotopic (exact) mass is 336 g/mol. The molecule has 128 valence electrons. The Morgan fingerprint density at radius 3 is 2.44 bits per heavy atom. The summed E-state index contributed by atoms with van der Waals surface area (Å²) in [6, 6.07) is 11.7. The summed E-state index contributed by atoms with van der Waals surface area (Å²) in [4.78, 5) is 20.2. The Labute approximate surface area is 146 Å².